The van der Waals surface area contributed by atoms with E-state index < -0.39 is 0 Å². The maximum atomic E-state index is 13.0. The second kappa shape index (κ2) is 8.23. The second-order valence-corrected chi connectivity index (χ2v) is 6.46. The number of amides is 1. The van der Waals surface area contributed by atoms with Crippen LogP contribution in [0.2, 0.25) is 0 Å². The molecule has 1 aliphatic rings. The summed E-state index contributed by atoms with van der Waals surface area (Å²) in [5.41, 5.74) is 1.69. The molecule has 1 fully saturated rings. The Bertz CT molecular complexity index is 765. The number of benzene rings is 1. The van der Waals surface area contributed by atoms with E-state index in [1.165, 1.54) is 12.1 Å². The Labute approximate surface area is 152 Å². The van der Waals surface area contributed by atoms with E-state index >= 15 is 0 Å². The molecule has 1 saturated heterocycles. The predicted molar refractivity (Wildman–Crippen MR) is 99.8 cm³/mol. The van der Waals surface area contributed by atoms with Crippen LogP contribution in [0, 0.1) is 12.7 Å². The van der Waals surface area contributed by atoms with Crippen molar-refractivity contribution in [2.45, 2.75) is 32.7 Å². The van der Waals surface area contributed by atoms with E-state index in [9.17, 15) is 9.18 Å². The summed E-state index contributed by atoms with van der Waals surface area (Å²) in [6.07, 6.45) is 3.81. The van der Waals surface area contributed by atoms with Crippen LogP contribution in [0.1, 0.15) is 24.7 Å². The molecule has 7 heteroatoms. The number of hydrogen-bond donors (Lipinski definition) is 2. The van der Waals surface area contributed by atoms with Crippen molar-refractivity contribution in [2.75, 3.05) is 29.9 Å². The lowest BCUT2D eigenvalue weighted by Crippen LogP contribution is -2.56. The SMILES string of the molecule is CCCc1cnc(C)nc1N1CCN[C@@H](C(=O)Nc2ccc(F)cc2)C1. The van der Waals surface area contributed by atoms with Crippen LogP contribution < -0.4 is 15.5 Å². The minimum atomic E-state index is -0.362. The molecule has 138 valence electrons. The van der Waals surface area contributed by atoms with Crippen LogP contribution in [0.5, 0.6) is 0 Å². The standard InChI is InChI=1S/C19H24FN5O/c1-3-4-14-11-22-13(2)23-18(14)25-10-9-21-17(12-25)19(26)24-16-7-5-15(20)6-8-16/h5-8,11,17,21H,3-4,9-10,12H2,1-2H3,(H,24,26)/t17-/m1/s1. The highest BCUT2D eigenvalue weighted by Gasteiger charge is 2.27. The summed E-state index contributed by atoms with van der Waals surface area (Å²) >= 11 is 0. The Kier molecular flexibility index (Phi) is 5.78. The Morgan fingerprint density at radius 2 is 2.15 bits per heavy atom. The molecule has 6 nitrogen and oxygen atoms in total. The first-order valence-electron chi connectivity index (χ1n) is 8.94. The molecule has 1 atom stereocenters. The number of anilines is 2. The fourth-order valence-corrected chi connectivity index (χ4v) is 3.08. The Morgan fingerprint density at radius 1 is 1.38 bits per heavy atom. The summed E-state index contributed by atoms with van der Waals surface area (Å²) in [5, 5.41) is 6.08. The first-order valence-corrected chi connectivity index (χ1v) is 8.94. The van der Waals surface area contributed by atoms with E-state index in [0.717, 1.165) is 36.6 Å². The number of piperazine rings is 1. The van der Waals surface area contributed by atoms with Gasteiger partial charge in [-0.3, -0.25) is 4.79 Å². The van der Waals surface area contributed by atoms with Crippen molar-refractivity contribution >= 4 is 17.4 Å². The molecule has 1 amide bonds. The number of rotatable bonds is 5. The van der Waals surface area contributed by atoms with Gasteiger partial charge in [0.15, 0.2) is 0 Å². The molecule has 26 heavy (non-hydrogen) atoms. The molecule has 2 heterocycles. The van der Waals surface area contributed by atoms with E-state index in [1.54, 1.807) is 12.1 Å². The third-order valence-corrected chi connectivity index (χ3v) is 4.38. The smallest absolute Gasteiger partial charge is 0.243 e. The zero-order valence-corrected chi connectivity index (χ0v) is 15.1. The van der Waals surface area contributed by atoms with Gasteiger partial charge in [-0.1, -0.05) is 13.3 Å². The van der Waals surface area contributed by atoms with Gasteiger partial charge in [0.1, 0.15) is 23.5 Å². The van der Waals surface area contributed by atoms with Gasteiger partial charge in [0.25, 0.3) is 0 Å². The van der Waals surface area contributed by atoms with Crippen molar-refractivity contribution in [3.63, 3.8) is 0 Å². The maximum Gasteiger partial charge on any atom is 0.243 e. The van der Waals surface area contributed by atoms with Crippen LogP contribution in [0.15, 0.2) is 30.5 Å². The van der Waals surface area contributed by atoms with Gasteiger partial charge in [-0.25, -0.2) is 14.4 Å². The molecule has 1 aliphatic heterocycles. The van der Waals surface area contributed by atoms with Crippen molar-refractivity contribution in [3.8, 4) is 0 Å². The number of nitrogens with zero attached hydrogens (tertiary/aromatic N) is 3. The average molecular weight is 357 g/mol. The lowest BCUT2D eigenvalue weighted by molar-refractivity contribution is -0.118. The molecule has 2 aromatic rings. The lowest BCUT2D eigenvalue weighted by atomic mass is 10.1. The summed E-state index contributed by atoms with van der Waals surface area (Å²) in [6.45, 7) is 6.00. The Hall–Kier alpha value is -2.54. The van der Waals surface area contributed by atoms with Crippen LogP contribution in [-0.2, 0) is 11.2 Å². The van der Waals surface area contributed by atoms with E-state index in [-0.39, 0.29) is 17.8 Å². The number of hydrogen-bond acceptors (Lipinski definition) is 5. The zero-order valence-electron chi connectivity index (χ0n) is 15.1. The fourth-order valence-electron chi connectivity index (χ4n) is 3.08. The van der Waals surface area contributed by atoms with Gasteiger partial charge >= 0.3 is 0 Å². The van der Waals surface area contributed by atoms with Gasteiger partial charge in [-0.05, 0) is 37.6 Å². The van der Waals surface area contributed by atoms with Gasteiger partial charge in [0.05, 0.1) is 0 Å². The van der Waals surface area contributed by atoms with Crippen LogP contribution >= 0.6 is 0 Å². The monoisotopic (exact) mass is 357 g/mol. The van der Waals surface area contributed by atoms with Gasteiger partial charge in [-0.15, -0.1) is 0 Å². The normalized spacial score (nSPS) is 17.2. The van der Waals surface area contributed by atoms with Gasteiger partial charge in [0, 0.05) is 37.1 Å². The highest BCUT2D eigenvalue weighted by Crippen LogP contribution is 2.21. The zero-order chi connectivity index (χ0) is 18.5. The van der Waals surface area contributed by atoms with Gasteiger partial charge < -0.3 is 15.5 Å². The molecule has 0 bridgehead atoms. The number of aromatic nitrogens is 2. The van der Waals surface area contributed by atoms with Gasteiger partial charge in [0.2, 0.25) is 5.91 Å². The minimum absolute atomic E-state index is 0.135. The van der Waals surface area contributed by atoms with E-state index in [0.29, 0.717) is 18.8 Å². The lowest BCUT2D eigenvalue weighted by Gasteiger charge is -2.34. The van der Waals surface area contributed by atoms with E-state index in [4.69, 9.17) is 0 Å². The molecule has 0 aliphatic carbocycles. The summed E-state index contributed by atoms with van der Waals surface area (Å²) in [7, 11) is 0. The summed E-state index contributed by atoms with van der Waals surface area (Å²) in [6, 6.07) is 5.41. The van der Waals surface area contributed by atoms with Crippen molar-refractivity contribution in [3.05, 3.63) is 47.7 Å². The predicted octanol–water partition coefficient (Wildman–Crippen LogP) is 2.29. The fraction of sp³-hybridized carbons (Fsp3) is 0.421. The minimum Gasteiger partial charge on any atom is -0.353 e. The average Bonchev–Trinajstić information content (AvgIpc) is 2.65. The summed E-state index contributed by atoms with van der Waals surface area (Å²) in [5.74, 6) is 1.18. The number of carbonyl (C=O) groups is 1. The molecular weight excluding hydrogens is 333 g/mol. The molecule has 0 unspecified atom stereocenters. The third-order valence-electron chi connectivity index (χ3n) is 4.38. The molecule has 0 saturated carbocycles. The highest BCUT2D eigenvalue weighted by atomic mass is 19.1. The first kappa shape index (κ1) is 18.3. The number of nitrogens with one attached hydrogen (secondary N) is 2. The van der Waals surface area contributed by atoms with Crippen LogP contribution in [-0.4, -0.2) is 41.6 Å². The van der Waals surface area contributed by atoms with Crippen LogP contribution in [0.25, 0.3) is 0 Å². The van der Waals surface area contributed by atoms with Crippen molar-refractivity contribution in [1.82, 2.24) is 15.3 Å². The molecule has 1 aromatic heterocycles. The number of carbonyl (C=O) groups excluding carboxylic acids is 1. The molecule has 1 aromatic carbocycles. The van der Waals surface area contributed by atoms with Gasteiger partial charge in [-0.2, -0.15) is 0 Å². The highest BCUT2D eigenvalue weighted by molar-refractivity contribution is 5.95. The van der Waals surface area contributed by atoms with Crippen LogP contribution in [0.3, 0.4) is 0 Å². The largest absolute Gasteiger partial charge is 0.353 e. The third kappa shape index (κ3) is 4.35. The second-order valence-electron chi connectivity index (χ2n) is 6.46. The molecule has 2 N–H and O–H groups in total. The summed E-state index contributed by atoms with van der Waals surface area (Å²) in [4.78, 5) is 23.6. The Balaban J connectivity index is 1.72. The maximum absolute atomic E-state index is 13.0. The number of aryl methyl sites for hydroxylation is 2. The van der Waals surface area contributed by atoms with Crippen LogP contribution in [0.4, 0.5) is 15.9 Å². The number of halogens is 1. The van der Waals surface area contributed by atoms with Crippen molar-refractivity contribution < 1.29 is 9.18 Å². The summed E-state index contributed by atoms with van der Waals surface area (Å²) < 4.78 is 13.0. The van der Waals surface area contributed by atoms with Crippen molar-refractivity contribution in [1.29, 1.82) is 0 Å². The van der Waals surface area contributed by atoms with E-state index in [2.05, 4.69) is 32.4 Å². The molecule has 0 radical (unpaired) electrons. The topological polar surface area (TPSA) is 70.2 Å². The molecular formula is C19H24FN5O. The molecule has 3 rings (SSSR count). The van der Waals surface area contributed by atoms with Crippen molar-refractivity contribution in [2.24, 2.45) is 0 Å². The molecule has 0 spiro atoms. The first-order chi connectivity index (χ1) is 12.6. The quantitative estimate of drug-likeness (QED) is 0.859. The van der Waals surface area contributed by atoms with E-state index in [1.807, 2.05) is 13.1 Å². The Morgan fingerprint density at radius 3 is 2.88 bits per heavy atom.